The van der Waals surface area contributed by atoms with E-state index in [2.05, 4.69) is 130 Å². The highest BCUT2D eigenvalue weighted by Crippen LogP contribution is 2.34. The third-order valence-corrected chi connectivity index (χ3v) is 16.2. The number of nitrogen functional groups attached to an aromatic ring is 4. The first-order chi connectivity index (χ1) is 43.4. The van der Waals surface area contributed by atoms with Crippen LogP contribution < -0.4 is 33.5 Å². The summed E-state index contributed by atoms with van der Waals surface area (Å²) >= 11 is 0. The summed E-state index contributed by atoms with van der Waals surface area (Å²) in [6.07, 6.45) is 19.3. The van der Waals surface area contributed by atoms with Crippen molar-refractivity contribution < 1.29 is 0 Å². The predicted octanol–water partition coefficient (Wildman–Crippen LogP) is 11.1. The van der Waals surface area contributed by atoms with Gasteiger partial charge in [-0.1, -0.05) is 70.9 Å². The van der Waals surface area contributed by atoms with Crippen molar-refractivity contribution in [2.24, 2.45) is 10.9 Å². The molecule has 1 aliphatic rings. The van der Waals surface area contributed by atoms with Gasteiger partial charge in [0.2, 0.25) is 0 Å². The molecule has 23 nitrogen and oxygen atoms in total. The molecule has 0 saturated carbocycles. The van der Waals surface area contributed by atoms with E-state index in [9.17, 15) is 0 Å². The summed E-state index contributed by atoms with van der Waals surface area (Å²) in [7, 11) is 0. The number of aromatic amines is 4. The summed E-state index contributed by atoms with van der Waals surface area (Å²) in [4.78, 5) is 22.7. The van der Waals surface area contributed by atoms with E-state index in [4.69, 9.17) is 33.1 Å². The SMILES string of the molecule is CCC(C)Cn1cc2c(N)nc3cc(-c4ccn[nH]4)ccc3c2n1.CCCC(C)n1cc2c(N)nc3cc(-c4ccn[nH]4)ccc3c2n1.CCCn1cc2c(N)nc3cc(-c4ccn[nH]4)ccc3c2n1.Nc1nc2cc(-c3ccn[nH]3)ccc2c2c1=CCN=2. The number of aryl methyl sites for hydroxylation is 1. The summed E-state index contributed by atoms with van der Waals surface area (Å²) in [6, 6.07) is 32.5. The van der Waals surface area contributed by atoms with E-state index < -0.39 is 0 Å². The second-order valence-electron chi connectivity index (χ2n) is 22.4. The van der Waals surface area contributed by atoms with Crippen molar-refractivity contribution in [1.82, 2.24) is 90.1 Å². The van der Waals surface area contributed by atoms with Crippen LogP contribution >= 0.6 is 0 Å². The summed E-state index contributed by atoms with van der Waals surface area (Å²) in [5, 5.41) is 50.8. The standard InChI is InChI=1S/2C18H20N6.C16H16N6.C14H11N5/c1-3-11(2)9-24-10-14-17(23-24)13-5-4-12(15-6-7-20-22-15)8-16(13)21-18(14)19;1-3-4-11(2)24-10-14-17(23-24)13-6-5-12(15-7-8-20-22-15)9-16(13)21-18(14)19;1-2-7-22-9-12-15(21-22)11-4-3-10(13-5-6-18-20-13)8-14(11)19-16(12)17;15-14-10-3-5-16-13(10)9-2-1-8(7-12(9)18-14)11-4-6-17-19-11/h4-8,10-11H,3,9H2,1-2H3,(H2,19,21)(H,20,22);5-11H,3-4H2,1-2H3,(H2,19,21)(H,20,22);3-6,8-9H,2,7H2,1H3,(H2,17,19)(H,18,20);1-4,6-7H,5H2,(H2,15,18)(H,17,19). The van der Waals surface area contributed by atoms with Crippen molar-refractivity contribution in [3.63, 3.8) is 0 Å². The lowest BCUT2D eigenvalue weighted by atomic mass is 10.1. The van der Waals surface area contributed by atoms with Gasteiger partial charge in [0.1, 0.15) is 39.8 Å². The molecule has 89 heavy (non-hydrogen) atoms. The lowest BCUT2D eigenvalue weighted by Crippen LogP contribution is -2.27. The minimum atomic E-state index is 0.348. The fraction of sp³-hybridized carbons (Fsp3) is 0.212. The average molecular weight is 1180 g/mol. The number of hydrogen-bond donors (Lipinski definition) is 8. The van der Waals surface area contributed by atoms with Gasteiger partial charge in [0, 0.05) is 112 Å². The Kier molecular flexibility index (Phi) is 15.4. The van der Waals surface area contributed by atoms with E-state index in [0.717, 1.165) is 171 Å². The number of rotatable bonds is 12. The average Bonchev–Trinajstić information content (AvgIpc) is 2.05. The molecule has 0 fully saturated rings. The zero-order valence-corrected chi connectivity index (χ0v) is 50.0. The van der Waals surface area contributed by atoms with Crippen molar-refractivity contribution >= 4 is 106 Å². The Balaban J connectivity index is 0.000000110. The van der Waals surface area contributed by atoms with Gasteiger partial charge in [-0.15, -0.1) is 0 Å². The number of benzene rings is 4. The molecular formula is C66H67N23. The van der Waals surface area contributed by atoms with Crippen molar-refractivity contribution in [3.05, 3.63) is 151 Å². The fourth-order valence-electron chi connectivity index (χ4n) is 11.3. The number of nitrogens with one attached hydrogen (secondary N) is 4. The molecule has 1 aliphatic heterocycles. The van der Waals surface area contributed by atoms with Crippen LogP contribution in [0.2, 0.25) is 0 Å². The van der Waals surface area contributed by atoms with Crippen molar-refractivity contribution in [2.45, 2.75) is 79.4 Å². The van der Waals surface area contributed by atoms with E-state index in [1.807, 2.05) is 112 Å². The number of hydrogen-bond acceptors (Lipinski definition) is 16. The van der Waals surface area contributed by atoms with Gasteiger partial charge in [-0.25, -0.2) is 19.9 Å². The molecular weight excluding hydrogens is 1110 g/mol. The third kappa shape index (κ3) is 11.3. The van der Waals surface area contributed by atoms with E-state index in [0.29, 0.717) is 41.8 Å². The fourth-order valence-corrected chi connectivity index (χ4v) is 11.3. The number of H-pyrrole nitrogens is 4. The van der Waals surface area contributed by atoms with Crippen LogP contribution in [0.1, 0.15) is 66.3 Å². The van der Waals surface area contributed by atoms with Crippen LogP contribution in [0.25, 0.3) is 127 Å². The zero-order chi connectivity index (χ0) is 61.3. The maximum absolute atomic E-state index is 6.19. The zero-order valence-electron chi connectivity index (χ0n) is 50.0. The molecule has 15 aromatic rings. The third-order valence-electron chi connectivity index (χ3n) is 16.2. The van der Waals surface area contributed by atoms with Crippen molar-refractivity contribution in [2.75, 3.05) is 29.5 Å². The molecule has 0 bridgehead atoms. The van der Waals surface area contributed by atoms with Gasteiger partial charge in [0.25, 0.3) is 0 Å². The lowest BCUT2D eigenvalue weighted by Gasteiger charge is -2.09. The Labute approximate surface area is 509 Å². The summed E-state index contributed by atoms with van der Waals surface area (Å²) in [5.41, 5.74) is 38.6. The number of fused-ring (bicyclic) bond motifs is 12. The van der Waals surface area contributed by atoms with Crippen LogP contribution in [0.4, 0.5) is 23.3 Å². The molecule has 2 atom stereocenters. The maximum atomic E-state index is 6.19. The minimum absolute atomic E-state index is 0.348. The molecule has 0 spiro atoms. The second-order valence-corrected chi connectivity index (χ2v) is 22.4. The van der Waals surface area contributed by atoms with Gasteiger partial charge in [0.15, 0.2) is 0 Å². The van der Waals surface area contributed by atoms with E-state index in [-0.39, 0.29) is 0 Å². The van der Waals surface area contributed by atoms with Gasteiger partial charge < -0.3 is 22.9 Å². The molecule has 11 aromatic heterocycles. The van der Waals surface area contributed by atoms with Crippen LogP contribution in [0.3, 0.4) is 0 Å². The Bertz CT molecular complexity index is 5130. The molecule has 23 heteroatoms. The number of nitrogens with zero attached hydrogens (tertiary/aromatic N) is 15. The lowest BCUT2D eigenvalue weighted by molar-refractivity contribution is 0.441. The molecule has 2 unspecified atom stereocenters. The number of nitrogens with two attached hydrogens (primary N) is 4. The maximum Gasteiger partial charge on any atom is 0.135 e. The molecule has 16 rings (SSSR count). The summed E-state index contributed by atoms with van der Waals surface area (Å²) in [5.74, 6) is 2.69. The van der Waals surface area contributed by atoms with Crippen LogP contribution in [0.5, 0.6) is 0 Å². The van der Waals surface area contributed by atoms with Crippen LogP contribution in [0.15, 0.2) is 145 Å². The van der Waals surface area contributed by atoms with Crippen molar-refractivity contribution in [1.29, 1.82) is 0 Å². The number of anilines is 4. The molecule has 0 amide bonds. The van der Waals surface area contributed by atoms with Gasteiger partial charge in [0.05, 0.1) is 72.9 Å². The largest absolute Gasteiger partial charge is 0.383 e. The first-order valence-electron chi connectivity index (χ1n) is 29.9. The molecule has 446 valence electrons. The number of pyridine rings is 4. The topological polar surface area (TPSA) is 336 Å². The van der Waals surface area contributed by atoms with Gasteiger partial charge in [-0.2, -0.15) is 35.7 Å². The monoisotopic (exact) mass is 1180 g/mol. The molecule has 12 heterocycles. The van der Waals surface area contributed by atoms with E-state index in [1.165, 1.54) is 0 Å². The molecule has 0 saturated heterocycles. The molecule has 0 radical (unpaired) electrons. The molecule has 0 aliphatic carbocycles. The van der Waals surface area contributed by atoms with Gasteiger partial charge in [-0.05, 0) is 98.5 Å². The number of aromatic nitrogens is 18. The summed E-state index contributed by atoms with van der Waals surface area (Å²) < 4.78 is 5.93. The molecule has 4 aromatic carbocycles. The smallest absolute Gasteiger partial charge is 0.135 e. The van der Waals surface area contributed by atoms with Gasteiger partial charge >= 0.3 is 0 Å². The highest BCUT2D eigenvalue weighted by atomic mass is 15.3. The van der Waals surface area contributed by atoms with Crippen molar-refractivity contribution in [3.8, 4) is 45.0 Å². The predicted molar refractivity (Wildman–Crippen MR) is 354 cm³/mol. The first kappa shape index (κ1) is 56.8. The molecule has 12 N–H and O–H groups in total. The van der Waals surface area contributed by atoms with E-state index >= 15 is 0 Å². The Morgan fingerprint density at radius 1 is 0.461 bits per heavy atom. The van der Waals surface area contributed by atoms with Crippen LogP contribution in [-0.4, -0.2) is 96.6 Å². The summed E-state index contributed by atoms with van der Waals surface area (Å²) in [6.45, 7) is 13.4. The van der Waals surface area contributed by atoms with Crippen LogP contribution in [0, 0.1) is 5.92 Å². The van der Waals surface area contributed by atoms with E-state index in [1.54, 1.807) is 24.8 Å². The first-order valence-corrected chi connectivity index (χ1v) is 29.9. The van der Waals surface area contributed by atoms with Gasteiger partial charge in [-0.3, -0.25) is 39.4 Å². The second kappa shape index (κ2) is 24.2. The quantitative estimate of drug-likeness (QED) is 0.0564. The Morgan fingerprint density at radius 3 is 1.31 bits per heavy atom. The highest BCUT2D eigenvalue weighted by Gasteiger charge is 2.18. The normalized spacial score (nSPS) is 12.6. The minimum Gasteiger partial charge on any atom is -0.383 e. The Hall–Kier alpha value is -11.4. The van der Waals surface area contributed by atoms with Crippen LogP contribution in [-0.2, 0) is 13.1 Å². The highest BCUT2D eigenvalue weighted by molar-refractivity contribution is 6.10. The Morgan fingerprint density at radius 2 is 0.876 bits per heavy atom.